The van der Waals surface area contributed by atoms with Crippen molar-refractivity contribution in [2.45, 2.75) is 71.2 Å². The standard InChI is InChI=1S/C28H42N4O5/c1-8-18(4)24-26(33)29-13-11-19-16-20(9-10-22(19)36-7)37-23-12-14-32(25(23)27(34)30-24)28(35)21(31(5)6)15-17(2)3/h9-11,13,16-18,21,23-25H,8,12,14-15H2,1-7H3,(H,29,33)(H,30,34)/t18-,21-,23+,24-,25+/m0/s1. The predicted molar refractivity (Wildman–Crippen MR) is 143 cm³/mol. The van der Waals surface area contributed by atoms with Gasteiger partial charge in [-0.05, 0) is 56.6 Å². The van der Waals surface area contributed by atoms with E-state index in [9.17, 15) is 14.4 Å². The van der Waals surface area contributed by atoms with Crippen LogP contribution in [0.1, 0.15) is 52.5 Å². The number of likely N-dealkylation sites (N-methyl/N-ethyl adjacent to an activating group) is 1. The van der Waals surface area contributed by atoms with Crippen LogP contribution in [0.5, 0.6) is 11.5 Å². The lowest BCUT2D eigenvalue weighted by Gasteiger charge is -2.34. The van der Waals surface area contributed by atoms with E-state index in [0.29, 0.717) is 43.2 Å². The fourth-order valence-electron chi connectivity index (χ4n) is 4.95. The van der Waals surface area contributed by atoms with Crippen molar-refractivity contribution in [3.8, 4) is 11.5 Å². The van der Waals surface area contributed by atoms with Crippen LogP contribution >= 0.6 is 0 Å². The summed E-state index contributed by atoms with van der Waals surface area (Å²) in [5, 5.41) is 5.75. The summed E-state index contributed by atoms with van der Waals surface area (Å²) < 4.78 is 11.8. The fourth-order valence-corrected chi connectivity index (χ4v) is 4.95. The molecule has 3 amide bonds. The average Bonchev–Trinajstić information content (AvgIpc) is 3.27. The number of fused-ring (bicyclic) bond motifs is 3. The first kappa shape index (κ1) is 28.5. The van der Waals surface area contributed by atoms with Crippen molar-refractivity contribution in [2.75, 3.05) is 27.7 Å². The molecule has 9 heteroatoms. The molecule has 1 aromatic carbocycles. The number of likely N-dealkylation sites (tertiary alicyclic amines) is 1. The summed E-state index contributed by atoms with van der Waals surface area (Å²) in [7, 11) is 5.35. The Morgan fingerprint density at radius 2 is 1.95 bits per heavy atom. The van der Waals surface area contributed by atoms with Gasteiger partial charge in [-0.3, -0.25) is 19.3 Å². The van der Waals surface area contributed by atoms with Crippen LogP contribution in [0.15, 0.2) is 24.4 Å². The molecule has 1 fully saturated rings. The van der Waals surface area contributed by atoms with Gasteiger partial charge in [0.25, 0.3) is 0 Å². The van der Waals surface area contributed by atoms with Gasteiger partial charge in [-0.15, -0.1) is 0 Å². The van der Waals surface area contributed by atoms with Crippen LogP contribution in [0.25, 0.3) is 6.08 Å². The number of benzene rings is 1. The summed E-state index contributed by atoms with van der Waals surface area (Å²) in [5.74, 6) is 0.594. The molecule has 37 heavy (non-hydrogen) atoms. The van der Waals surface area contributed by atoms with Gasteiger partial charge < -0.3 is 25.0 Å². The average molecular weight is 515 g/mol. The van der Waals surface area contributed by atoms with Gasteiger partial charge in [0.05, 0.1) is 13.2 Å². The highest BCUT2D eigenvalue weighted by atomic mass is 16.5. The second-order valence-corrected chi connectivity index (χ2v) is 10.6. The third-order valence-corrected chi connectivity index (χ3v) is 7.27. The zero-order valence-electron chi connectivity index (χ0n) is 23.1. The first-order chi connectivity index (χ1) is 17.6. The van der Waals surface area contributed by atoms with Gasteiger partial charge in [0, 0.05) is 24.7 Å². The van der Waals surface area contributed by atoms with E-state index in [1.54, 1.807) is 36.4 Å². The molecule has 0 unspecified atom stereocenters. The summed E-state index contributed by atoms with van der Waals surface area (Å²) in [4.78, 5) is 44.3. The molecule has 2 aliphatic rings. The number of carbonyl (C=O) groups excluding carboxylic acids is 3. The summed E-state index contributed by atoms with van der Waals surface area (Å²) in [6, 6.07) is 3.41. The Kier molecular flexibility index (Phi) is 9.59. The number of nitrogens with zero attached hydrogens (tertiary/aromatic N) is 2. The second-order valence-electron chi connectivity index (χ2n) is 10.6. The van der Waals surface area contributed by atoms with Crippen molar-refractivity contribution in [2.24, 2.45) is 11.8 Å². The number of amides is 3. The molecule has 0 aliphatic carbocycles. The maximum atomic E-state index is 13.8. The number of methoxy groups -OCH3 is 1. The Hall–Kier alpha value is -3.07. The molecule has 0 radical (unpaired) electrons. The molecule has 1 saturated heterocycles. The summed E-state index contributed by atoms with van der Waals surface area (Å²) in [6.07, 6.45) is 4.61. The Balaban J connectivity index is 2.04. The van der Waals surface area contributed by atoms with Crippen LogP contribution in [0, 0.1) is 11.8 Å². The van der Waals surface area contributed by atoms with Crippen molar-refractivity contribution >= 4 is 23.8 Å². The van der Waals surface area contributed by atoms with Gasteiger partial charge in [-0.1, -0.05) is 34.1 Å². The molecule has 2 N–H and O–H groups in total. The third kappa shape index (κ3) is 6.63. The molecule has 9 nitrogen and oxygen atoms in total. The lowest BCUT2D eigenvalue weighted by atomic mass is 9.97. The van der Waals surface area contributed by atoms with Gasteiger partial charge in [-0.25, -0.2) is 0 Å². The number of hydrogen-bond donors (Lipinski definition) is 2. The van der Waals surface area contributed by atoms with Gasteiger partial charge in [0.2, 0.25) is 17.7 Å². The maximum absolute atomic E-state index is 13.8. The van der Waals surface area contributed by atoms with Crippen LogP contribution in [0.2, 0.25) is 0 Å². The van der Waals surface area contributed by atoms with Crippen LogP contribution in [-0.2, 0) is 14.4 Å². The molecular formula is C28H42N4O5. The topological polar surface area (TPSA) is 100 Å². The van der Waals surface area contributed by atoms with Crippen LogP contribution < -0.4 is 20.1 Å². The van der Waals surface area contributed by atoms with E-state index < -0.39 is 18.2 Å². The summed E-state index contributed by atoms with van der Waals surface area (Å²) in [6.45, 7) is 8.45. The highest BCUT2D eigenvalue weighted by Gasteiger charge is 2.46. The Morgan fingerprint density at radius 1 is 1.22 bits per heavy atom. The Morgan fingerprint density at radius 3 is 2.57 bits per heavy atom. The molecular weight excluding hydrogens is 472 g/mol. The molecule has 3 rings (SSSR count). The van der Waals surface area contributed by atoms with Gasteiger partial charge in [-0.2, -0.15) is 0 Å². The monoisotopic (exact) mass is 514 g/mol. The fraction of sp³-hybridized carbons (Fsp3) is 0.607. The molecule has 2 heterocycles. The number of nitrogens with one attached hydrogen (secondary N) is 2. The van der Waals surface area contributed by atoms with E-state index in [2.05, 4.69) is 24.5 Å². The van der Waals surface area contributed by atoms with Crippen molar-refractivity contribution in [1.29, 1.82) is 0 Å². The van der Waals surface area contributed by atoms with E-state index in [1.165, 1.54) is 0 Å². The first-order valence-electron chi connectivity index (χ1n) is 13.2. The lowest BCUT2D eigenvalue weighted by molar-refractivity contribution is -0.145. The van der Waals surface area contributed by atoms with Crippen molar-refractivity contribution in [3.05, 3.63) is 30.0 Å². The number of carbonyl (C=O) groups is 3. The molecule has 1 aromatic rings. The lowest BCUT2D eigenvalue weighted by Crippen LogP contribution is -2.59. The molecule has 5 atom stereocenters. The summed E-state index contributed by atoms with van der Waals surface area (Å²) in [5.41, 5.74) is 0.728. The van der Waals surface area contributed by atoms with E-state index in [-0.39, 0.29) is 29.7 Å². The number of hydrogen-bond acceptors (Lipinski definition) is 6. The van der Waals surface area contributed by atoms with Crippen molar-refractivity contribution < 1.29 is 23.9 Å². The van der Waals surface area contributed by atoms with Gasteiger partial charge in [0.15, 0.2) is 0 Å². The zero-order chi connectivity index (χ0) is 27.3. The maximum Gasteiger partial charge on any atom is 0.247 e. The highest BCUT2D eigenvalue weighted by Crippen LogP contribution is 2.30. The third-order valence-electron chi connectivity index (χ3n) is 7.27. The van der Waals surface area contributed by atoms with E-state index in [1.807, 2.05) is 38.9 Å². The first-order valence-corrected chi connectivity index (χ1v) is 13.2. The van der Waals surface area contributed by atoms with Crippen LogP contribution in [0.4, 0.5) is 0 Å². The van der Waals surface area contributed by atoms with E-state index >= 15 is 0 Å². The molecule has 204 valence electrons. The van der Waals surface area contributed by atoms with Crippen LogP contribution in [0.3, 0.4) is 0 Å². The van der Waals surface area contributed by atoms with Crippen LogP contribution in [-0.4, -0.2) is 79.5 Å². The number of rotatable bonds is 7. The van der Waals surface area contributed by atoms with E-state index in [0.717, 1.165) is 5.56 Å². The number of ether oxygens (including phenoxy) is 2. The second kappa shape index (κ2) is 12.4. The summed E-state index contributed by atoms with van der Waals surface area (Å²) >= 11 is 0. The zero-order valence-corrected chi connectivity index (χ0v) is 23.1. The largest absolute Gasteiger partial charge is 0.496 e. The molecule has 2 bridgehead atoms. The SMILES string of the molecule is CC[C@H](C)[C@@H]1NC(=O)[C@H]2[C@@H](CCN2C(=O)[C@H](CC(C)C)N(C)C)Oc2ccc(OC)c(c2)C=CNC1=O. The Labute approximate surface area is 220 Å². The molecule has 0 aromatic heterocycles. The highest BCUT2D eigenvalue weighted by molar-refractivity contribution is 5.94. The smallest absolute Gasteiger partial charge is 0.247 e. The minimum absolute atomic E-state index is 0.101. The van der Waals surface area contributed by atoms with E-state index in [4.69, 9.17) is 9.47 Å². The molecule has 0 saturated carbocycles. The van der Waals surface area contributed by atoms with Crippen molar-refractivity contribution in [1.82, 2.24) is 20.4 Å². The Bertz CT molecular complexity index is 1010. The van der Waals surface area contributed by atoms with Crippen molar-refractivity contribution in [3.63, 3.8) is 0 Å². The molecule has 0 spiro atoms. The minimum Gasteiger partial charge on any atom is -0.496 e. The quantitative estimate of drug-likeness (QED) is 0.580. The predicted octanol–water partition coefficient (Wildman–Crippen LogP) is 2.65. The minimum atomic E-state index is -0.860. The normalized spacial score (nSPS) is 23.7. The van der Waals surface area contributed by atoms with Gasteiger partial charge >= 0.3 is 0 Å². The molecule has 2 aliphatic heterocycles. The van der Waals surface area contributed by atoms with Gasteiger partial charge in [0.1, 0.15) is 29.7 Å².